The quantitative estimate of drug-likeness (QED) is 0.854. The van der Waals surface area contributed by atoms with Gasteiger partial charge in [0, 0.05) is 11.4 Å². The van der Waals surface area contributed by atoms with Gasteiger partial charge in [-0.15, -0.1) is 0 Å². The summed E-state index contributed by atoms with van der Waals surface area (Å²) < 4.78 is 0. The van der Waals surface area contributed by atoms with Crippen LogP contribution in [0.2, 0.25) is 5.02 Å². The molecule has 0 radical (unpaired) electrons. The maximum absolute atomic E-state index is 10.2. The van der Waals surface area contributed by atoms with Gasteiger partial charge in [-0.25, -0.2) is 0 Å². The van der Waals surface area contributed by atoms with E-state index < -0.39 is 6.10 Å². The van der Waals surface area contributed by atoms with Gasteiger partial charge < -0.3 is 5.11 Å². The fourth-order valence-electron chi connectivity index (χ4n) is 2.06. The first-order valence-corrected chi connectivity index (χ1v) is 6.96. The summed E-state index contributed by atoms with van der Waals surface area (Å²) in [6, 6.07) is 15.8. The minimum atomic E-state index is -0.470. The lowest BCUT2D eigenvalue weighted by Gasteiger charge is -2.13. The Morgan fingerprint density at radius 1 is 0.895 bits per heavy atom. The van der Waals surface area contributed by atoms with Crippen molar-refractivity contribution in [3.63, 3.8) is 0 Å². The second kappa shape index (κ2) is 6.23. The van der Waals surface area contributed by atoms with E-state index in [1.807, 2.05) is 36.4 Å². The monoisotopic (exact) mass is 274 g/mol. The van der Waals surface area contributed by atoms with Crippen molar-refractivity contribution in [1.82, 2.24) is 0 Å². The summed E-state index contributed by atoms with van der Waals surface area (Å²) in [7, 11) is 0. The van der Waals surface area contributed by atoms with Crippen LogP contribution in [0.3, 0.4) is 0 Å². The molecular formula is C17H19ClO. The molecular weight excluding hydrogens is 256 g/mol. The first-order chi connectivity index (χ1) is 9.06. The predicted octanol–water partition coefficient (Wildman–Crippen LogP) is 4.74. The van der Waals surface area contributed by atoms with Gasteiger partial charge in [0.25, 0.3) is 0 Å². The molecule has 0 aliphatic carbocycles. The number of aliphatic hydroxyl groups excluding tert-OH is 1. The van der Waals surface area contributed by atoms with Crippen molar-refractivity contribution in [2.24, 2.45) is 0 Å². The van der Waals surface area contributed by atoms with Crippen LogP contribution in [0.5, 0.6) is 0 Å². The number of hydrogen-bond donors (Lipinski definition) is 1. The molecule has 0 aliphatic rings. The molecule has 0 aliphatic heterocycles. The third-order valence-electron chi connectivity index (χ3n) is 3.33. The molecule has 2 aromatic carbocycles. The molecule has 100 valence electrons. The zero-order chi connectivity index (χ0) is 13.8. The Bertz CT molecular complexity index is 514. The molecule has 0 aromatic heterocycles. The van der Waals surface area contributed by atoms with Crippen LogP contribution in [0.4, 0.5) is 0 Å². The van der Waals surface area contributed by atoms with E-state index in [-0.39, 0.29) is 0 Å². The van der Waals surface area contributed by atoms with Crippen molar-refractivity contribution in [2.45, 2.75) is 32.3 Å². The molecule has 2 heteroatoms. The molecule has 0 heterocycles. The molecule has 0 saturated carbocycles. The first kappa shape index (κ1) is 14.1. The van der Waals surface area contributed by atoms with E-state index in [1.165, 1.54) is 5.56 Å². The molecule has 1 unspecified atom stereocenters. The Labute approximate surface area is 119 Å². The van der Waals surface area contributed by atoms with E-state index in [0.717, 1.165) is 16.1 Å². The van der Waals surface area contributed by atoms with E-state index in [9.17, 15) is 5.11 Å². The standard InChI is InChI=1S/C17H19ClO/c1-12(2)14-5-7-15(8-6-14)17(19)11-13-3-9-16(18)10-4-13/h3-10,12,17,19H,11H2,1-2H3. The van der Waals surface area contributed by atoms with Gasteiger partial charge in [0.2, 0.25) is 0 Å². The summed E-state index contributed by atoms with van der Waals surface area (Å²) >= 11 is 5.85. The summed E-state index contributed by atoms with van der Waals surface area (Å²) in [4.78, 5) is 0. The van der Waals surface area contributed by atoms with Crippen LogP contribution in [-0.4, -0.2) is 5.11 Å². The first-order valence-electron chi connectivity index (χ1n) is 6.58. The second-order valence-corrected chi connectivity index (χ2v) is 5.60. The fourth-order valence-corrected chi connectivity index (χ4v) is 2.19. The van der Waals surface area contributed by atoms with E-state index in [1.54, 1.807) is 0 Å². The normalized spacial score (nSPS) is 12.7. The zero-order valence-corrected chi connectivity index (χ0v) is 12.1. The Balaban J connectivity index is 2.07. The van der Waals surface area contributed by atoms with E-state index in [4.69, 9.17) is 11.6 Å². The summed E-state index contributed by atoms with van der Waals surface area (Å²) in [5.41, 5.74) is 3.34. The van der Waals surface area contributed by atoms with Crippen molar-refractivity contribution in [3.05, 3.63) is 70.2 Å². The molecule has 0 amide bonds. The predicted molar refractivity (Wildman–Crippen MR) is 80.6 cm³/mol. The lowest BCUT2D eigenvalue weighted by molar-refractivity contribution is 0.178. The minimum absolute atomic E-state index is 0.470. The van der Waals surface area contributed by atoms with Crippen LogP contribution in [0, 0.1) is 0 Å². The van der Waals surface area contributed by atoms with Crippen LogP contribution < -0.4 is 0 Å². The van der Waals surface area contributed by atoms with Crippen LogP contribution in [0.15, 0.2) is 48.5 Å². The maximum atomic E-state index is 10.2. The highest BCUT2D eigenvalue weighted by molar-refractivity contribution is 6.30. The lowest BCUT2D eigenvalue weighted by atomic mass is 9.97. The average Bonchev–Trinajstić information content (AvgIpc) is 2.41. The molecule has 0 fully saturated rings. The number of halogens is 1. The Morgan fingerprint density at radius 3 is 1.95 bits per heavy atom. The van der Waals surface area contributed by atoms with Gasteiger partial charge in [0.15, 0.2) is 0 Å². The van der Waals surface area contributed by atoms with Gasteiger partial charge in [-0.05, 0) is 34.7 Å². The van der Waals surface area contributed by atoms with Gasteiger partial charge in [0.1, 0.15) is 0 Å². The van der Waals surface area contributed by atoms with Crippen molar-refractivity contribution in [1.29, 1.82) is 0 Å². The highest BCUT2D eigenvalue weighted by Gasteiger charge is 2.09. The van der Waals surface area contributed by atoms with Crippen LogP contribution >= 0.6 is 11.6 Å². The Morgan fingerprint density at radius 2 is 1.42 bits per heavy atom. The van der Waals surface area contributed by atoms with Crippen LogP contribution in [-0.2, 0) is 6.42 Å². The number of rotatable bonds is 4. The molecule has 1 atom stereocenters. The summed E-state index contributed by atoms with van der Waals surface area (Å²) in [5, 5.41) is 11.0. The molecule has 0 bridgehead atoms. The second-order valence-electron chi connectivity index (χ2n) is 5.17. The number of aliphatic hydroxyl groups is 1. The van der Waals surface area contributed by atoms with Crippen molar-refractivity contribution in [3.8, 4) is 0 Å². The topological polar surface area (TPSA) is 20.2 Å². The molecule has 2 rings (SSSR count). The SMILES string of the molecule is CC(C)c1ccc(C(O)Cc2ccc(Cl)cc2)cc1. The minimum Gasteiger partial charge on any atom is -0.388 e. The van der Waals surface area contributed by atoms with Crippen LogP contribution in [0.1, 0.15) is 42.6 Å². The van der Waals surface area contributed by atoms with E-state index in [2.05, 4.69) is 26.0 Å². The molecule has 1 N–H and O–H groups in total. The molecule has 2 aromatic rings. The smallest absolute Gasteiger partial charge is 0.0830 e. The highest BCUT2D eigenvalue weighted by atomic mass is 35.5. The zero-order valence-electron chi connectivity index (χ0n) is 11.3. The van der Waals surface area contributed by atoms with E-state index in [0.29, 0.717) is 12.3 Å². The fraction of sp³-hybridized carbons (Fsp3) is 0.294. The largest absolute Gasteiger partial charge is 0.388 e. The molecule has 1 nitrogen and oxygen atoms in total. The molecule has 0 saturated heterocycles. The van der Waals surface area contributed by atoms with Gasteiger partial charge in [-0.3, -0.25) is 0 Å². The number of benzene rings is 2. The Kier molecular flexibility index (Phi) is 4.62. The maximum Gasteiger partial charge on any atom is 0.0830 e. The molecule has 0 spiro atoms. The van der Waals surface area contributed by atoms with Gasteiger partial charge in [-0.2, -0.15) is 0 Å². The van der Waals surface area contributed by atoms with Crippen molar-refractivity contribution < 1.29 is 5.11 Å². The van der Waals surface area contributed by atoms with Gasteiger partial charge >= 0.3 is 0 Å². The molecule has 19 heavy (non-hydrogen) atoms. The lowest BCUT2D eigenvalue weighted by Crippen LogP contribution is -2.02. The Hall–Kier alpha value is -1.31. The average molecular weight is 275 g/mol. The van der Waals surface area contributed by atoms with Gasteiger partial charge in [-0.1, -0.05) is 61.8 Å². The summed E-state index contributed by atoms with van der Waals surface area (Å²) in [6.07, 6.45) is 0.139. The van der Waals surface area contributed by atoms with E-state index >= 15 is 0 Å². The van der Waals surface area contributed by atoms with Crippen molar-refractivity contribution in [2.75, 3.05) is 0 Å². The van der Waals surface area contributed by atoms with Crippen LogP contribution in [0.25, 0.3) is 0 Å². The third-order valence-corrected chi connectivity index (χ3v) is 3.58. The number of hydrogen-bond acceptors (Lipinski definition) is 1. The van der Waals surface area contributed by atoms with Gasteiger partial charge in [0.05, 0.1) is 6.10 Å². The summed E-state index contributed by atoms with van der Waals surface area (Å²) in [5.74, 6) is 0.516. The van der Waals surface area contributed by atoms with Crippen molar-refractivity contribution >= 4 is 11.6 Å². The highest BCUT2D eigenvalue weighted by Crippen LogP contribution is 2.22. The third kappa shape index (κ3) is 3.82. The summed E-state index contributed by atoms with van der Waals surface area (Å²) in [6.45, 7) is 4.33.